The Hall–Kier alpha value is -0.330. The van der Waals surface area contributed by atoms with Crippen LogP contribution in [0.1, 0.15) is 20.8 Å². The molecule has 2 N–H and O–H groups in total. The molecule has 6 heteroatoms. The lowest BCUT2D eigenvalue weighted by Crippen LogP contribution is -2.55. The van der Waals surface area contributed by atoms with E-state index in [4.69, 9.17) is 10.5 Å². The normalized spacial score (nSPS) is 16.5. The third kappa shape index (κ3) is 5.14. The number of rotatable bonds is 7. The van der Waals surface area contributed by atoms with E-state index in [0.717, 1.165) is 0 Å². The summed E-state index contributed by atoms with van der Waals surface area (Å²) in [4.78, 5) is 1.31. The first-order valence-corrected chi connectivity index (χ1v) is 5.48. The van der Waals surface area contributed by atoms with Gasteiger partial charge in [0.1, 0.15) is 6.04 Å². The molecule has 98 valence electrons. The molecule has 0 aliphatic carbocycles. The van der Waals surface area contributed by atoms with Gasteiger partial charge in [-0.2, -0.15) is 13.2 Å². The highest BCUT2D eigenvalue weighted by atomic mass is 19.4. The van der Waals surface area contributed by atoms with Gasteiger partial charge in [-0.15, -0.1) is 0 Å². The van der Waals surface area contributed by atoms with Crippen LogP contribution in [0, 0.1) is 0 Å². The molecule has 3 nitrogen and oxygen atoms in total. The van der Waals surface area contributed by atoms with Crippen molar-refractivity contribution in [3.63, 3.8) is 0 Å². The molecular formula is C10H21F3N2O. The number of nitrogens with zero attached hydrogens (tertiary/aromatic N) is 1. The van der Waals surface area contributed by atoms with Crippen LogP contribution < -0.4 is 5.73 Å². The molecule has 0 aromatic rings. The van der Waals surface area contributed by atoms with Crippen LogP contribution in [-0.2, 0) is 4.74 Å². The van der Waals surface area contributed by atoms with Crippen LogP contribution in [0.15, 0.2) is 0 Å². The van der Waals surface area contributed by atoms with Crippen molar-refractivity contribution >= 4 is 0 Å². The number of nitrogens with two attached hydrogens (primary N) is 1. The second kappa shape index (κ2) is 7.09. The van der Waals surface area contributed by atoms with Gasteiger partial charge in [0.15, 0.2) is 0 Å². The van der Waals surface area contributed by atoms with E-state index in [2.05, 4.69) is 0 Å². The summed E-state index contributed by atoms with van der Waals surface area (Å²) in [6.45, 7) is 6.22. The van der Waals surface area contributed by atoms with E-state index in [1.54, 1.807) is 6.92 Å². The van der Waals surface area contributed by atoms with Crippen molar-refractivity contribution < 1.29 is 17.9 Å². The lowest BCUT2D eigenvalue weighted by Gasteiger charge is -2.34. The molecule has 0 fully saturated rings. The number of hydrogen-bond acceptors (Lipinski definition) is 3. The molecule has 0 heterocycles. The molecular weight excluding hydrogens is 221 g/mol. The maximum atomic E-state index is 12.8. The number of ether oxygens (including phenoxy) is 1. The van der Waals surface area contributed by atoms with Gasteiger partial charge in [-0.3, -0.25) is 4.90 Å². The van der Waals surface area contributed by atoms with E-state index in [-0.39, 0.29) is 6.54 Å². The molecule has 0 radical (unpaired) electrons. The summed E-state index contributed by atoms with van der Waals surface area (Å²) < 4.78 is 43.3. The van der Waals surface area contributed by atoms with E-state index < -0.39 is 18.3 Å². The third-order valence-electron chi connectivity index (χ3n) is 2.36. The second-order valence-corrected chi connectivity index (χ2v) is 3.67. The predicted octanol–water partition coefficient (Wildman–Crippen LogP) is 1.62. The Bertz CT molecular complexity index is 185. The topological polar surface area (TPSA) is 38.5 Å². The molecule has 0 amide bonds. The molecule has 0 rings (SSSR count). The zero-order chi connectivity index (χ0) is 12.8. The lowest BCUT2D eigenvalue weighted by molar-refractivity contribution is -0.189. The van der Waals surface area contributed by atoms with Gasteiger partial charge in [-0.25, -0.2) is 0 Å². The first-order chi connectivity index (χ1) is 7.34. The Balaban J connectivity index is 4.47. The van der Waals surface area contributed by atoms with E-state index in [1.165, 1.54) is 11.8 Å². The highest BCUT2D eigenvalue weighted by molar-refractivity contribution is 4.85. The van der Waals surface area contributed by atoms with Gasteiger partial charge in [0.25, 0.3) is 0 Å². The number of alkyl halides is 3. The highest BCUT2D eigenvalue weighted by Crippen LogP contribution is 2.26. The summed E-state index contributed by atoms with van der Waals surface area (Å²) in [5.41, 5.74) is 5.40. The lowest BCUT2D eigenvalue weighted by atomic mass is 10.1. The second-order valence-electron chi connectivity index (χ2n) is 3.67. The molecule has 0 bridgehead atoms. The fourth-order valence-electron chi connectivity index (χ4n) is 1.66. The molecule has 2 unspecified atom stereocenters. The molecule has 16 heavy (non-hydrogen) atoms. The summed E-state index contributed by atoms with van der Waals surface area (Å²) in [6.07, 6.45) is -4.30. The zero-order valence-corrected chi connectivity index (χ0v) is 10.0. The number of hydrogen-bond donors (Lipinski definition) is 1. The molecule has 0 aromatic heterocycles. The maximum Gasteiger partial charge on any atom is 0.405 e. The van der Waals surface area contributed by atoms with Gasteiger partial charge in [0, 0.05) is 19.2 Å². The summed E-state index contributed by atoms with van der Waals surface area (Å²) in [5, 5.41) is 0. The molecule has 0 aliphatic rings. The molecule has 0 saturated carbocycles. The van der Waals surface area contributed by atoms with Crippen LogP contribution >= 0.6 is 0 Å². The minimum absolute atomic E-state index is 0.246. The summed E-state index contributed by atoms with van der Waals surface area (Å²) in [6, 6.07) is -2.54. The first-order valence-electron chi connectivity index (χ1n) is 5.48. The Morgan fingerprint density at radius 1 is 1.31 bits per heavy atom. The largest absolute Gasteiger partial charge is 0.405 e. The average molecular weight is 242 g/mol. The molecule has 0 aliphatic heterocycles. The Labute approximate surface area is 94.7 Å². The fraction of sp³-hybridized carbons (Fsp3) is 1.00. The van der Waals surface area contributed by atoms with E-state index >= 15 is 0 Å². The molecule has 2 atom stereocenters. The molecule has 0 aromatic carbocycles. The van der Waals surface area contributed by atoms with Crippen LogP contribution in [0.5, 0.6) is 0 Å². The minimum Gasteiger partial charge on any atom is -0.380 e. The van der Waals surface area contributed by atoms with Crippen LogP contribution in [0.25, 0.3) is 0 Å². The summed E-state index contributed by atoms with van der Waals surface area (Å²) in [5.74, 6) is 0. The van der Waals surface area contributed by atoms with Gasteiger partial charge in [-0.05, 0) is 20.4 Å². The van der Waals surface area contributed by atoms with Crippen molar-refractivity contribution in [3.05, 3.63) is 0 Å². The number of halogens is 3. The summed E-state index contributed by atoms with van der Waals surface area (Å²) >= 11 is 0. The highest BCUT2D eigenvalue weighted by Gasteiger charge is 2.45. The Kier molecular flexibility index (Phi) is 6.94. The third-order valence-corrected chi connectivity index (χ3v) is 2.36. The Morgan fingerprint density at radius 3 is 2.19 bits per heavy atom. The van der Waals surface area contributed by atoms with Gasteiger partial charge < -0.3 is 10.5 Å². The Morgan fingerprint density at radius 2 is 1.88 bits per heavy atom. The predicted molar refractivity (Wildman–Crippen MR) is 57.2 cm³/mol. The quantitative estimate of drug-likeness (QED) is 0.689. The van der Waals surface area contributed by atoms with E-state index in [0.29, 0.717) is 19.8 Å². The van der Waals surface area contributed by atoms with Crippen molar-refractivity contribution in [2.75, 3.05) is 26.3 Å². The summed E-state index contributed by atoms with van der Waals surface area (Å²) in [7, 11) is 0. The SMILES string of the molecule is CCOCCN(CC)C(C(C)N)C(F)(F)F. The van der Waals surface area contributed by atoms with Gasteiger partial charge >= 0.3 is 6.18 Å². The van der Waals surface area contributed by atoms with Crippen molar-refractivity contribution in [2.24, 2.45) is 5.73 Å². The van der Waals surface area contributed by atoms with Crippen LogP contribution in [0.2, 0.25) is 0 Å². The average Bonchev–Trinajstić information content (AvgIpc) is 2.13. The fourth-order valence-corrected chi connectivity index (χ4v) is 1.66. The smallest absolute Gasteiger partial charge is 0.380 e. The van der Waals surface area contributed by atoms with Gasteiger partial charge in [-0.1, -0.05) is 6.92 Å². The van der Waals surface area contributed by atoms with Crippen molar-refractivity contribution in [1.82, 2.24) is 4.90 Å². The standard InChI is InChI=1S/C10H21F3N2O/c1-4-15(6-7-16-5-2)9(8(3)14)10(11,12)13/h8-9H,4-7,14H2,1-3H3. The van der Waals surface area contributed by atoms with E-state index in [1.807, 2.05) is 6.92 Å². The van der Waals surface area contributed by atoms with Crippen LogP contribution in [0.3, 0.4) is 0 Å². The number of likely N-dealkylation sites (N-methyl/N-ethyl adjacent to an activating group) is 1. The van der Waals surface area contributed by atoms with Gasteiger partial charge in [0.2, 0.25) is 0 Å². The molecule has 0 saturated heterocycles. The van der Waals surface area contributed by atoms with Crippen molar-refractivity contribution in [2.45, 2.75) is 39.0 Å². The van der Waals surface area contributed by atoms with Crippen molar-refractivity contribution in [1.29, 1.82) is 0 Å². The zero-order valence-electron chi connectivity index (χ0n) is 10.0. The van der Waals surface area contributed by atoms with Crippen LogP contribution in [-0.4, -0.2) is 49.5 Å². The van der Waals surface area contributed by atoms with E-state index in [9.17, 15) is 13.2 Å². The minimum atomic E-state index is -4.30. The van der Waals surface area contributed by atoms with Crippen molar-refractivity contribution in [3.8, 4) is 0 Å². The van der Waals surface area contributed by atoms with Crippen LogP contribution in [0.4, 0.5) is 13.2 Å². The first kappa shape index (κ1) is 15.7. The molecule has 0 spiro atoms. The van der Waals surface area contributed by atoms with Gasteiger partial charge in [0.05, 0.1) is 6.61 Å². The maximum absolute atomic E-state index is 12.8. The monoisotopic (exact) mass is 242 g/mol.